The number of unbranched alkanes of at least 4 members (excludes halogenated alkanes) is 1. The van der Waals surface area contributed by atoms with Crippen LogP contribution in [-0.4, -0.2) is 6.29 Å². The average molecular weight is 148 g/mol. The summed E-state index contributed by atoms with van der Waals surface area (Å²) in [5.74, 6) is 5.80. The highest BCUT2D eigenvalue weighted by Crippen LogP contribution is 1.86. The van der Waals surface area contributed by atoms with E-state index in [0.29, 0.717) is 0 Å². The summed E-state index contributed by atoms with van der Waals surface area (Å²) in [6, 6.07) is 0. The number of carbonyl (C=O) groups excluding carboxylic acids is 1. The maximum absolute atomic E-state index is 9.81. The first-order valence-corrected chi connectivity index (χ1v) is 3.61. The molecular weight excluding hydrogens is 136 g/mol. The summed E-state index contributed by atoms with van der Waals surface area (Å²) in [4.78, 5) is 9.81. The molecule has 0 rings (SSSR count). The van der Waals surface area contributed by atoms with Gasteiger partial charge in [0.1, 0.15) is 6.29 Å². The van der Waals surface area contributed by atoms with Crippen molar-refractivity contribution in [3.8, 4) is 11.8 Å². The average Bonchev–Trinajstić information content (AvgIpc) is 2.03. The van der Waals surface area contributed by atoms with E-state index in [1.807, 2.05) is 25.2 Å². The monoisotopic (exact) mass is 148 g/mol. The van der Waals surface area contributed by atoms with Crippen molar-refractivity contribution in [2.24, 2.45) is 0 Å². The van der Waals surface area contributed by atoms with Crippen molar-refractivity contribution < 1.29 is 4.79 Å². The van der Waals surface area contributed by atoms with Gasteiger partial charge in [-0.2, -0.15) is 0 Å². The maximum atomic E-state index is 9.81. The lowest BCUT2D eigenvalue weighted by molar-refractivity contribution is -0.104. The van der Waals surface area contributed by atoms with Crippen LogP contribution in [0.1, 0.15) is 19.8 Å². The second-order valence-electron chi connectivity index (χ2n) is 1.92. The van der Waals surface area contributed by atoms with Crippen molar-refractivity contribution in [2.75, 3.05) is 0 Å². The van der Waals surface area contributed by atoms with E-state index < -0.39 is 0 Å². The Kier molecular flexibility index (Phi) is 7.69. The molecule has 58 valence electrons. The molecule has 0 saturated carbocycles. The largest absolute Gasteiger partial charge is 0.299 e. The van der Waals surface area contributed by atoms with Gasteiger partial charge in [-0.1, -0.05) is 24.0 Å². The Bertz CT molecular complexity index is 201. The molecule has 0 bridgehead atoms. The minimum atomic E-state index is 0.777. The fourth-order valence-corrected chi connectivity index (χ4v) is 0.522. The minimum absolute atomic E-state index is 0.777. The van der Waals surface area contributed by atoms with E-state index in [2.05, 4.69) is 11.8 Å². The van der Waals surface area contributed by atoms with E-state index in [9.17, 15) is 4.79 Å². The van der Waals surface area contributed by atoms with Crippen molar-refractivity contribution in [1.29, 1.82) is 0 Å². The zero-order valence-electron chi connectivity index (χ0n) is 6.71. The van der Waals surface area contributed by atoms with E-state index in [1.54, 1.807) is 0 Å². The minimum Gasteiger partial charge on any atom is -0.299 e. The Morgan fingerprint density at radius 2 is 2.27 bits per heavy atom. The Morgan fingerprint density at radius 3 is 2.91 bits per heavy atom. The Hall–Kier alpha value is -1.29. The number of hydrogen-bond donors (Lipinski definition) is 0. The fourth-order valence-electron chi connectivity index (χ4n) is 0.522. The number of rotatable bonds is 3. The molecule has 0 aliphatic heterocycles. The molecule has 1 heteroatoms. The lowest BCUT2D eigenvalue weighted by atomic mass is 10.3. The maximum Gasteiger partial charge on any atom is 0.142 e. The van der Waals surface area contributed by atoms with Crippen LogP contribution in [0.25, 0.3) is 0 Å². The fraction of sp³-hybridized carbons (Fsp3) is 0.300. The van der Waals surface area contributed by atoms with Gasteiger partial charge in [-0.15, -0.1) is 0 Å². The molecule has 11 heavy (non-hydrogen) atoms. The lowest BCUT2D eigenvalue weighted by Crippen LogP contribution is -1.65. The third kappa shape index (κ3) is 8.71. The first kappa shape index (κ1) is 9.71. The normalized spacial score (nSPS) is 9.91. The lowest BCUT2D eigenvalue weighted by Gasteiger charge is -1.78. The highest BCUT2D eigenvalue weighted by molar-refractivity contribution is 5.64. The molecule has 0 aliphatic carbocycles. The van der Waals surface area contributed by atoms with Gasteiger partial charge in [0.15, 0.2) is 0 Å². The van der Waals surface area contributed by atoms with Crippen molar-refractivity contribution in [3.05, 3.63) is 24.3 Å². The van der Waals surface area contributed by atoms with Gasteiger partial charge in [-0.3, -0.25) is 4.79 Å². The predicted octanol–water partition coefficient (Wildman–Crippen LogP) is 2.10. The Balaban J connectivity index is 3.35. The molecule has 0 aromatic heterocycles. The van der Waals surface area contributed by atoms with E-state index in [-0.39, 0.29) is 0 Å². The molecule has 0 radical (unpaired) electrons. The zero-order chi connectivity index (χ0) is 8.36. The van der Waals surface area contributed by atoms with E-state index in [4.69, 9.17) is 0 Å². The number of hydrogen-bond acceptors (Lipinski definition) is 1. The van der Waals surface area contributed by atoms with Crippen LogP contribution < -0.4 is 0 Å². The van der Waals surface area contributed by atoms with Gasteiger partial charge in [0.05, 0.1) is 0 Å². The van der Waals surface area contributed by atoms with Crippen molar-refractivity contribution in [1.82, 2.24) is 0 Å². The molecule has 0 saturated heterocycles. The highest BCUT2D eigenvalue weighted by Gasteiger charge is 1.72. The molecule has 0 heterocycles. The summed E-state index contributed by atoms with van der Waals surface area (Å²) in [6.45, 7) is 1.93. The third-order valence-electron chi connectivity index (χ3n) is 1.00. The number of allylic oxidation sites excluding steroid dienone is 4. The zero-order valence-corrected chi connectivity index (χ0v) is 6.71. The van der Waals surface area contributed by atoms with Gasteiger partial charge >= 0.3 is 0 Å². The summed E-state index contributed by atoms with van der Waals surface area (Å²) in [7, 11) is 0. The molecule has 0 aliphatic rings. The van der Waals surface area contributed by atoms with Gasteiger partial charge < -0.3 is 0 Å². The van der Waals surface area contributed by atoms with Crippen molar-refractivity contribution >= 4 is 6.29 Å². The summed E-state index contributed by atoms with van der Waals surface area (Å²) in [6.07, 6.45) is 9.46. The second-order valence-corrected chi connectivity index (χ2v) is 1.92. The van der Waals surface area contributed by atoms with Crippen LogP contribution >= 0.6 is 0 Å². The van der Waals surface area contributed by atoms with Gasteiger partial charge in [-0.25, -0.2) is 0 Å². The van der Waals surface area contributed by atoms with Crippen molar-refractivity contribution in [2.45, 2.75) is 19.8 Å². The van der Waals surface area contributed by atoms with Crippen LogP contribution in [0.15, 0.2) is 24.3 Å². The topological polar surface area (TPSA) is 17.1 Å². The molecule has 0 aromatic rings. The van der Waals surface area contributed by atoms with Crippen LogP contribution in [-0.2, 0) is 4.79 Å². The van der Waals surface area contributed by atoms with Crippen LogP contribution in [0, 0.1) is 11.8 Å². The summed E-state index contributed by atoms with van der Waals surface area (Å²) < 4.78 is 0. The predicted molar refractivity (Wildman–Crippen MR) is 47.0 cm³/mol. The molecule has 0 amide bonds. The number of aldehydes is 1. The molecular formula is C10H12O. The smallest absolute Gasteiger partial charge is 0.142 e. The summed E-state index contributed by atoms with van der Waals surface area (Å²) in [5, 5.41) is 0. The second kappa shape index (κ2) is 8.71. The Labute approximate surface area is 67.8 Å². The first-order chi connectivity index (χ1) is 5.41. The molecule has 0 atom stereocenters. The molecule has 0 aromatic carbocycles. The molecule has 0 unspecified atom stereocenters. The van der Waals surface area contributed by atoms with Crippen LogP contribution in [0.5, 0.6) is 0 Å². The molecule has 0 spiro atoms. The number of carbonyl (C=O) groups is 1. The van der Waals surface area contributed by atoms with Gasteiger partial charge in [-0.05, 0) is 25.5 Å². The van der Waals surface area contributed by atoms with Gasteiger partial charge in [0.2, 0.25) is 0 Å². The van der Waals surface area contributed by atoms with E-state index >= 15 is 0 Å². The van der Waals surface area contributed by atoms with Crippen molar-refractivity contribution in [3.63, 3.8) is 0 Å². The SMILES string of the molecule is C/C=C/C#CCC/C=C/C=O. The Morgan fingerprint density at radius 1 is 1.45 bits per heavy atom. The summed E-state index contributed by atoms with van der Waals surface area (Å²) >= 11 is 0. The molecule has 0 N–H and O–H groups in total. The van der Waals surface area contributed by atoms with Gasteiger partial charge in [0.25, 0.3) is 0 Å². The standard InChI is InChI=1S/C10H12O/c1-2-3-4-5-6-7-8-9-10-11/h2-3,8-10H,6-7H2,1H3/b3-2+,9-8+. The molecule has 0 fully saturated rings. The summed E-state index contributed by atoms with van der Waals surface area (Å²) in [5.41, 5.74) is 0. The van der Waals surface area contributed by atoms with E-state index in [0.717, 1.165) is 19.1 Å². The third-order valence-corrected chi connectivity index (χ3v) is 1.00. The van der Waals surface area contributed by atoms with Crippen LogP contribution in [0.3, 0.4) is 0 Å². The van der Waals surface area contributed by atoms with Gasteiger partial charge in [0, 0.05) is 6.42 Å². The van der Waals surface area contributed by atoms with Crippen LogP contribution in [0.4, 0.5) is 0 Å². The first-order valence-electron chi connectivity index (χ1n) is 3.61. The molecule has 1 nitrogen and oxygen atoms in total. The van der Waals surface area contributed by atoms with Crippen LogP contribution in [0.2, 0.25) is 0 Å². The quantitative estimate of drug-likeness (QED) is 0.259. The van der Waals surface area contributed by atoms with E-state index in [1.165, 1.54) is 6.08 Å². The highest BCUT2D eigenvalue weighted by atomic mass is 16.1.